The molecule has 96 valence electrons. The lowest BCUT2D eigenvalue weighted by Crippen LogP contribution is -2.07. The number of nitrogens with zero attached hydrogens (tertiary/aromatic N) is 3. The van der Waals surface area contributed by atoms with Gasteiger partial charge in [-0.15, -0.1) is 0 Å². The highest BCUT2D eigenvalue weighted by atomic mass is 32.1. The lowest BCUT2D eigenvalue weighted by molar-refractivity contribution is -0.385. The van der Waals surface area contributed by atoms with Gasteiger partial charge in [-0.2, -0.15) is 0 Å². The first-order chi connectivity index (χ1) is 8.54. The number of thiazole rings is 1. The van der Waals surface area contributed by atoms with Gasteiger partial charge < -0.3 is 4.74 Å². The van der Waals surface area contributed by atoms with Gasteiger partial charge in [-0.3, -0.25) is 10.1 Å². The number of hydrogen-bond donors (Lipinski definition) is 0. The second-order valence-corrected chi connectivity index (χ2v) is 5.24. The van der Waals surface area contributed by atoms with Crippen LogP contribution in [0.5, 0.6) is 0 Å². The summed E-state index contributed by atoms with van der Waals surface area (Å²) in [6.45, 7) is 4.17. The molecule has 0 aromatic carbocycles. The Morgan fingerprint density at radius 3 is 2.94 bits per heavy atom. The fourth-order valence-corrected chi connectivity index (χ4v) is 2.73. The summed E-state index contributed by atoms with van der Waals surface area (Å²) in [6, 6.07) is 0. The van der Waals surface area contributed by atoms with Crippen molar-refractivity contribution in [3.63, 3.8) is 0 Å². The first kappa shape index (κ1) is 12.8. The summed E-state index contributed by atoms with van der Waals surface area (Å²) in [5.74, 6) is -0.0950. The van der Waals surface area contributed by atoms with Crippen LogP contribution in [0.4, 0.5) is 5.69 Å². The molecule has 0 saturated carbocycles. The monoisotopic (exact) mass is 267 g/mol. The van der Waals surface area contributed by atoms with E-state index in [0.29, 0.717) is 17.7 Å². The number of hydrogen-bond acceptors (Lipinski definition) is 6. The van der Waals surface area contributed by atoms with Gasteiger partial charge in [-0.05, 0) is 6.92 Å². The summed E-state index contributed by atoms with van der Waals surface area (Å²) in [5, 5.41) is 11.9. The minimum absolute atomic E-state index is 0.0114. The largest absolute Gasteiger partial charge is 0.384 e. The molecule has 1 unspecified atom stereocenters. The Hall–Kier alpha value is -1.60. The van der Waals surface area contributed by atoms with Crippen LogP contribution in [0, 0.1) is 17.0 Å². The molecule has 2 rings (SSSR count). The van der Waals surface area contributed by atoms with Crippen LogP contribution in [-0.4, -0.2) is 28.6 Å². The van der Waals surface area contributed by atoms with Gasteiger partial charge in [0.15, 0.2) is 0 Å². The maximum atomic E-state index is 11.1. The number of nitro groups is 1. The number of aromatic nitrogens is 2. The Balaban J connectivity index is 2.69. The molecule has 1 atom stereocenters. The molecule has 18 heavy (non-hydrogen) atoms. The zero-order chi connectivity index (χ0) is 13.3. The number of methoxy groups -OCH3 is 1. The third kappa shape index (κ3) is 2.19. The number of pyridine rings is 1. The third-order valence-electron chi connectivity index (χ3n) is 2.66. The molecule has 0 aliphatic carbocycles. The van der Waals surface area contributed by atoms with Crippen molar-refractivity contribution in [1.29, 1.82) is 0 Å². The van der Waals surface area contributed by atoms with E-state index >= 15 is 0 Å². The van der Waals surface area contributed by atoms with Gasteiger partial charge in [0.05, 0.1) is 22.1 Å². The zero-order valence-corrected chi connectivity index (χ0v) is 11.2. The van der Waals surface area contributed by atoms with Crippen LogP contribution in [0.2, 0.25) is 0 Å². The molecule has 0 aliphatic heterocycles. The van der Waals surface area contributed by atoms with Crippen molar-refractivity contribution in [3.8, 4) is 0 Å². The SMILES string of the molecule is COCC(C)c1c([N+](=O)[O-])cnc2sc(C)nc12. The Morgan fingerprint density at radius 2 is 2.33 bits per heavy atom. The number of rotatable bonds is 4. The molecule has 0 bridgehead atoms. The molecular formula is C11H13N3O3S. The first-order valence-electron chi connectivity index (χ1n) is 5.44. The Kier molecular flexibility index (Phi) is 3.53. The summed E-state index contributed by atoms with van der Waals surface area (Å²) in [7, 11) is 1.58. The highest BCUT2D eigenvalue weighted by Crippen LogP contribution is 2.34. The van der Waals surface area contributed by atoms with E-state index in [2.05, 4.69) is 9.97 Å². The molecule has 0 fully saturated rings. The van der Waals surface area contributed by atoms with E-state index in [4.69, 9.17) is 4.74 Å². The first-order valence-corrected chi connectivity index (χ1v) is 6.25. The van der Waals surface area contributed by atoms with Crippen molar-refractivity contribution in [1.82, 2.24) is 9.97 Å². The van der Waals surface area contributed by atoms with Crippen molar-refractivity contribution in [2.24, 2.45) is 0 Å². The van der Waals surface area contributed by atoms with Crippen LogP contribution < -0.4 is 0 Å². The van der Waals surface area contributed by atoms with Gasteiger partial charge in [-0.1, -0.05) is 18.3 Å². The third-order valence-corrected chi connectivity index (χ3v) is 3.54. The average Bonchev–Trinajstić information content (AvgIpc) is 2.67. The summed E-state index contributed by atoms with van der Waals surface area (Å²) in [4.78, 5) is 19.9. The maximum absolute atomic E-state index is 11.1. The standard InChI is InChI=1S/C11H13N3O3S/c1-6(5-17-3)9-8(14(15)16)4-12-11-10(9)13-7(2)18-11/h4,6H,5H2,1-3H3. The van der Waals surface area contributed by atoms with Crippen LogP contribution in [-0.2, 0) is 4.74 Å². The molecule has 7 heteroatoms. The van der Waals surface area contributed by atoms with E-state index in [9.17, 15) is 10.1 Å². The predicted molar refractivity (Wildman–Crippen MR) is 69.1 cm³/mol. The summed E-state index contributed by atoms with van der Waals surface area (Å²) >= 11 is 1.44. The van der Waals surface area contributed by atoms with Gasteiger partial charge in [0.1, 0.15) is 16.5 Å². The molecule has 0 spiro atoms. The van der Waals surface area contributed by atoms with Crippen molar-refractivity contribution in [2.45, 2.75) is 19.8 Å². The van der Waals surface area contributed by atoms with Crippen LogP contribution in [0.25, 0.3) is 10.3 Å². The molecular weight excluding hydrogens is 254 g/mol. The summed E-state index contributed by atoms with van der Waals surface area (Å²) in [5.41, 5.74) is 1.24. The number of fused-ring (bicyclic) bond motifs is 1. The zero-order valence-electron chi connectivity index (χ0n) is 10.3. The minimum Gasteiger partial charge on any atom is -0.384 e. The van der Waals surface area contributed by atoms with Crippen molar-refractivity contribution in [2.75, 3.05) is 13.7 Å². The number of aryl methyl sites for hydroxylation is 1. The van der Waals surface area contributed by atoms with Crippen molar-refractivity contribution < 1.29 is 9.66 Å². The Bertz CT molecular complexity index is 596. The van der Waals surface area contributed by atoms with Gasteiger partial charge >= 0.3 is 0 Å². The van der Waals surface area contributed by atoms with Crippen molar-refractivity contribution in [3.05, 3.63) is 26.9 Å². The molecule has 2 heterocycles. The fraction of sp³-hybridized carbons (Fsp3) is 0.455. The van der Waals surface area contributed by atoms with Gasteiger partial charge in [0.25, 0.3) is 5.69 Å². The second kappa shape index (κ2) is 4.95. The summed E-state index contributed by atoms with van der Waals surface area (Å²) in [6.07, 6.45) is 1.31. The van der Waals surface area contributed by atoms with E-state index in [0.717, 1.165) is 9.84 Å². The highest BCUT2D eigenvalue weighted by molar-refractivity contribution is 7.18. The maximum Gasteiger partial charge on any atom is 0.293 e. The Morgan fingerprint density at radius 1 is 1.61 bits per heavy atom. The van der Waals surface area contributed by atoms with E-state index in [1.165, 1.54) is 17.5 Å². The lowest BCUT2D eigenvalue weighted by atomic mass is 10.0. The molecule has 6 nitrogen and oxygen atoms in total. The number of ether oxygens (including phenoxy) is 1. The van der Waals surface area contributed by atoms with E-state index in [1.54, 1.807) is 7.11 Å². The molecule has 0 aliphatic rings. The normalized spacial score (nSPS) is 12.8. The lowest BCUT2D eigenvalue weighted by Gasteiger charge is -2.11. The summed E-state index contributed by atoms with van der Waals surface area (Å²) < 4.78 is 5.08. The quantitative estimate of drug-likeness (QED) is 0.628. The molecule has 0 amide bonds. The minimum atomic E-state index is -0.414. The van der Waals surface area contributed by atoms with Gasteiger partial charge in [-0.25, -0.2) is 9.97 Å². The predicted octanol–water partition coefficient (Wildman–Crippen LogP) is 2.66. The van der Waals surface area contributed by atoms with Gasteiger partial charge in [0, 0.05) is 13.0 Å². The Labute approximate surface area is 108 Å². The molecule has 0 N–H and O–H groups in total. The average molecular weight is 267 g/mol. The molecule has 2 aromatic rings. The van der Waals surface area contributed by atoms with Crippen LogP contribution in [0.15, 0.2) is 6.20 Å². The van der Waals surface area contributed by atoms with E-state index in [-0.39, 0.29) is 11.6 Å². The van der Waals surface area contributed by atoms with Crippen LogP contribution >= 0.6 is 11.3 Å². The molecule has 2 aromatic heterocycles. The smallest absolute Gasteiger partial charge is 0.293 e. The topological polar surface area (TPSA) is 78.2 Å². The van der Waals surface area contributed by atoms with Crippen LogP contribution in [0.3, 0.4) is 0 Å². The van der Waals surface area contributed by atoms with Crippen LogP contribution in [0.1, 0.15) is 23.4 Å². The van der Waals surface area contributed by atoms with E-state index in [1.807, 2.05) is 13.8 Å². The fourth-order valence-electron chi connectivity index (χ4n) is 1.95. The molecule has 0 saturated heterocycles. The molecule has 0 radical (unpaired) electrons. The highest BCUT2D eigenvalue weighted by Gasteiger charge is 2.24. The van der Waals surface area contributed by atoms with Gasteiger partial charge in [0.2, 0.25) is 0 Å². The second-order valence-electron chi connectivity index (χ2n) is 4.06. The van der Waals surface area contributed by atoms with E-state index < -0.39 is 4.92 Å². The van der Waals surface area contributed by atoms with Crippen molar-refractivity contribution >= 4 is 27.4 Å².